The second-order valence-corrected chi connectivity index (χ2v) is 0. The summed E-state index contributed by atoms with van der Waals surface area (Å²) < 4.78 is 0. The molecule has 0 aliphatic carbocycles. The van der Waals surface area contributed by atoms with E-state index >= 15 is 0 Å². The van der Waals surface area contributed by atoms with Crippen LogP contribution >= 0.6 is 19.0 Å². The topological polar surface area (TPSA) is 0 Å². The Kier molecular flexibility index (Phi) is 234. The largest absolute Gasteiger partial charge is 0.346 e. The van der Waals surface area contributed by atoms with E-state index in [4.69, 9.17) is 0 Å². The molecule has 0 aromatic carbocycles. The Labute approximate surface area is 63.5 Å². The molecule has 46 valence electrons. The van der Waals surface area contributed by atoms with Crippen molar-refractivity contribution in [1.29, 1.82) is 0 Å². The fourth-order valence-corrected chi connectivity index (χ4v) is 0. The van der Waals surface area contributed by atoms with Gasteiger partial charge in [0.2, 0.25) is 0 Å². The van der Waals surface area contributed by atoms with Gasteiger partial charge in [-0.15, -0.1) is 0 Å². The van der Waals surface area contributed by atoms with Crippen molar-refractivity contribution < 1.29 is 17.3 Å². The standard InChI is InChI=1S/2C2H5.Ag.HI/c2*1-2;;/h2*1H2,2H3;;1H/q2*-1;+1;/p-1. The molecule has 0 radical (unpaired) electrons. The van der Waals surface area contributed by atoms with Crippen molar-refractivity contribution in [2.45, 2.75) is 13.8 Å². The van der Waals surface area contributed by atoms with Crippen LogP contribution in [0.15, 0.2) is 0 Å². The van der Waals surface area contributed by atoms with E-state index in [9.17, 15) is 0 Å². The van der Waals surface area contributed by atoms with E-state index in [2.05, 4.69) is 31.1 Å². The van der Waals surface area contributed by atoms with Gasteiger partial charge in [0.25, 0.3) is 0 Å². The molecule has 0 heterocycles. The Hall–Kier alpha value is 1.47. The van der Waals surface area contributed by atoms with E-state index in [1.807, 2.05) is 19.0 Å². The van der Waals surface area contributed by atoms with Gasteiger partial charge >= 0.3 is 36.3 Å². The molecule has 0 spiro atoms. The van der Waals surface area contributed by atoms with Gasteiger partial charge < -0.3 is 13.8 Å². The molecule has 0 aliphatic heterocycles. The van der Waals surface area contributed by atoms with Crippen molar-refractivity contribution in [3.05, 3.63) is 13.8 Å². The zero-order valence-electron chi connectivity index (χ0n) is 4.09. The number of hydrogen-bond donors (Lipinski definition) is 0. The second kappa shape index (κ2) is 89.6. The van der Waals surface area contributed by atoms with Gasteiger partial charge in [0.15, 0.2) is 0 Å². The van der Waals surface area contributed by atoms with Gasteiger partial charge in [-0.3, -0.25) is 0 Å². The summed E-state index contributed by atoms with van der Waals surface area (Å²) in [5.74, 6) is 0. The van der Waals surface area contributed by atoms with Gasteiger partial charge in [-0.1, -0.05) is 0 Å². The predicted molar refractivity (Wildman–Crippen MR) is 36.1 cm³/mol. The van der Waals surface area contributed by atoms with E-state index in [-0.39, 0.29) is 0 Å². The summed E-state index contributed by atoms with van der Waals surface area (Å²) in [7, 11) is 0. The molecule has 0 rings (SSSR count). The monoisotopic (exact) mass is 292 g/mol. The summed E-state index contributed by atoms with van der Waals surface area (Å²) in [6.45, 7) is 10.0. The van der Waals surface area contributed by atoms with Crippen LogP contribution in [-0.2, 0) is 17.3 Å². The Morgan fingerprint density at radius 2 is 1.00 bits per heavy atom. The van der Waals surface area contributed by atoms with E-state index in [0.29, 0.717) is 0 Å². The molecular weight excluding hydrogens is 283 g/mol. The summed E-state index contributed by atoms with van der Waals surface area (Å²) in [5.41, 5.74) is 0. The van der Waals surface area contributed by atoms with Gasteiger partial charge in [0.05, 0.1) is 0 Å². The average molecular weight is 293 g/mol. The van der Waals surface area contributed by atoms with E-state index in [0.717, 1.165) is 0 Å². The molecule has 0 aliphatic rings. The Balaban J connectivity index is -0.0000000225. The van der Waals surface area contributed by atoms with Crippen LogP contribution in [0.3, 0.4) is 0 Å². The maximum Gasteiger partial charge on any atom is -0.194 e. The zero-order chi connectivity index (χ0) is 6.00. The molecule has 0 amide bonds. The summed E-state index contributed by atoms with van der Waals surface area (Å²) in [5, 5.41) is 0. The molecule has 0 bridgehead atoms. The molecule has 2 heteroatoms. The molecule has 0 aromatic heterocycles. The van der Waals surface area contributed by atoms with Crippen molar-refractivity contribution in [1.82, 2.24) is 0 Å². The molecule has 0 nitrogen and oxygen atoms in total. The van der Waals surface area contributed by atoms with Gasteiger partial charge in [-0.05, 0) is 0 Å². The molecule has 6 heavy (non-hydrogen) atoms. The molecule has 0 saturated heterocycles. The summed E-state index contributed by atoms with van der Waals surface area (Å²) >= 11 is 4.88. The average Bonchev–Trinajstić information content (AvgIpc) is 1.81. The third-order valence-corrected chi connectivity index (χ3v) is 0. The van der Waals surface area contributed by atoms with Crippen molar-refractivity contribution in [3.8, 4) is 0 Å². The van der Waals surface area contributed by atoms with Crippen LogP contribution in [0, 0.1) is 13.8 Å². The van der Waals surface area contributed by atoms with Crippen LogP contribution in [-0.4, -0.2) is 0 Å². The molecule has 0 unspecified atom stereocenters. The summed E-state index contributed by atoms with van der Waals surface area (Å²) in [6.07, 6.45) is 0. The fourth-order valence-electron chi connectivity index (χ4n) is 0. The quantitative estimate of drug-likeness (QED) is 0.366. The molecule has 0 saturated carbocycles. The normalized spacial score (nSPS) is 3.17. The molecule has 0 aromatic rings. The van der Waals surface area contributed by atoms with Crippen LogP contribution in [0.4, 0.5) is 0 Å². The molecule has 0 fully saturated rings. The van der Waals surface area contributed by atoms with Gasteiger partial charge in [-0.2, -0.15) is 13.8 Å². The van der Waals surface area contributed by atoms with Crippen LogP contribution < -0.4 is 0 Å². The third kappa shape index (κ3) is 50.6. The summed E-state index contributed by atoms with van der Waals surface area (Å²) in [6, 6.07) is 0. The smallest absolute Gasteiger partial charge is 0.194 e. The maximum atomic E-state index is 3.25. The van der Waals surface area contributed by atoms with Gasteiger partial charge in [-0.25, -0.2) is 0 Å². The van der Waals surface area contributed by atoms with Crippen LogP contribution in [0.5, 0.6) is 0 Å². The van der Waals surface area contributed by atoms with Crippen molar-refractivity contribution in [3.63, 3.8) is 0 Å². The summed E-state index contributed by atoms with van der Waals surface area (Å²) in [4.78, 5) is 0. The molecule has 0 N–H and O–H groups in total. The van der Waals surface area contributed by atoms with Crippen LogP contribution in [0.25, 0.3) is 0 Å². The second-order valence-electron chi connectivity index (χ2n) is 0. The molecular formula is C4H10AgI-2. The van der Waals surface area contributed by atoms with Crippen molar-refractivity contribution >= 4 is 19.0 Å². The molecule has 0 atom stereocenters. The van der Waals surface area contributed by atoms with E-state index < -0.39 is 0 Å². The van der Waals surface area contributed by atoms with E-state index in [1.54, 1.807) is 13.8 Å². The number of rotatable bonds is 0. The first-order valence-electron chi connectivity index (χ1n) is 1.53. The fraction of sp³-hybridized carbons (Fsp3) is 0.500. The SMILES string of the molecule is [Ag][I].[CH2-]C.[CH2-]C. The zero-order valence-corrected chi connectivity index (χ0v) is 7.73. The number of hydrogen-bond acceptors (Lipinski definition) is 0. The first-order chi connectivity index (χ1) is 3.00. The van der Waals surface area contributed by atoms with Gasteiger partial charge in [0, 0.05) is 0 Å². The maximum absolute atomic E-state index is 3.25. The Bertz CT molecular complexity index is 7.51. The minimum Gasteiger partial charge on any atom is -0.346 e. The van der Waals surface area contributed by atoms with Gasteiger partial charge in [0.1, 0.15) is 0 Å². The minimum atomic E-state index is 1.75. The third-order valence-electron chi connectivity index (χ3n) is 0. The Morgan fingerprint density at radius 1 is 1.00 bits per heavy atom. The minimum absolute atomic E-state index is 1.75. The van der Waals surface area contributed by atoms with Crippen LogP contribution in [0.2, 0.25) is 0 Å². The Morgan fingerprint density at radius 3 is 1.00 bits per heavy atom. The van der Waals surface area contributed by atoms with Crippen molar-refractivity contribution in [2.24, 2.45) is 0 Å². The van der Waals surface area contributed by atoms with E-state index in [1.165, 1.54) is 0 Å². The first kappa shape index (κ1) is 15.6. The van der Waals surface area contributed by atoms with Crippen LogP contribution in [0.1, 0.15) is 13.8 Å². The number of halogens is 1. The van der Waals surface area contributed by atoms with Crippen molar-refractivity contribution in [2.75, 3.05) is 0 Å². The first-order valence-corrected chi connectivity index (χ1v) is 5.94. The predicted octanol–water partition coefficient (Wildman–Crippen LogP) is 2.56.